The van der Waals surface area contributed by atoms with E-state index in [0.29, 0.717) is 11.5 Å². The van der Waals surface area contributed by atoms with E-state index in [1.165, 1.54) is 17.7 Å². The van der Waals surface area contributed by atoms with Crippen LogP contribution in [0.2, 0.25) is 5.02 Å². The number of hydrogen-bond donors (Lipinski definition) is 1. The van der Waals surface area contributed by atoms with Crippen molar-refractivity contribution in [1.82, 2.24) is 5.32 Å². The molecule has 0 heterocycles. The van der Waals surface area contributed by atoms with Gasteiger partial charge >= 0.3 is 0 Å². The minimum Gasteiger partial charge on any atom is -0.457 e. The van der Waals surface area contributed by atoms with Gasteiger partial charge in [0.15, 0.2) is 0 Å². The minimum atomic E-state index is -0.451. The summed E-state index contributed by atoms with van der Waals surface area (Å²) in [5, 5.41) is 3.12. The van der Waals surface area contributed by atoms with Crippen molar-refractivity contribution < 1.29 is 9.13 Å². The van der Waals surface area contributed by atoms with Crippen LogP contribution in [0.5, 0.6) is 11.5 Å². The van der Waals surface area contributed by atoms with Gasteiger partial charge in [0.05, 0.1) is 5.02 Å². The summed E-state index contributed by atoms with van der Waals surface area (Å²) in [5.74, 6) is 0.758. The average molecular weight is 266 g/mol. The first-order valence-electron chi connectivity index (χ1n) is 5.55. The number of halogens is 2. The molecule has 2 aromatic carbocycles. The van der Waals surface area contributed by atoms with Crippen molar-refractivity contribution in [3.05, 3.63) is 58.9 Å². The summed E-state index contributed by atoms with van der Waals surface area (Å²) >= 11 is 5.68. The van der Waals surface area contributed by atoms with Gasteiger partial charge in [-0.1, -0.05) is 23.7 Å². The third kappa shape index (κ3) is 3.22. The third-order valence-corrected chi connectivity index (χ3v) is 2.72. The summed E-state index contributed by atoms with van der Waals surface area (Å²) < 4.78 is 18.6. The zero-order valence-corrected chi connectivity index (χ0v) is 10.7. The molecule has 2 nitrogen and oxygen atoms in total. The van der Waals surface area contributed by atoms with E-state index in [-0.39, 0.29) is 5.02 Å². The van der Waals surface area contributed by atoms with E-state index in [1.54, 1.807) is 6.07 Å². The van der Waals surface area contributed by atoms with Gasteiger partial charge in [-0.05, 0) is 36.9 Å². The van der Waals surface area contributed by atoms with E-state index in [4.69, 9.17) is 16.3 Å². The van der Waals surface area contributed by atoms with Gasteiger partial charge in [0.2, 0.25) is 0 Å². The Kier molecular flexibility index (Phi) is 4.18. The fourth-order valence-electron chi connectivity index (χ4n) is 1.56. The van der Waals surface area contributed by atoms with Crippen LogP contribution >= 0.6 is 11.6 Å². The molecule has 0 radical (unpaired) electrons. The number of benzene rings is 2. The highest BCUT2D eigenvalue weighted by atomic mass is 35.5. The fraction of sp³-hybridized carbons (Fsp3) is 0.143. The molecule has 4 heteroatoms. The predicted molar refractivity (Wildman–Crippen MR) is 70.7 cm³/mol. The molecule has 1 N–H and O–H groups in total. The molecule has 0 aromatic heterocycles. The maximum absolute atomic E-state index is 13.0. The van der Waals surface area contributed by atoms with Gasteiger partial charge in [0.25, 0.3) is 0 Å². The third-order valence-electron chi connectivity index (χ3n) is 2.43. The van der Waals surface area contributed by atoms with Crippen molar-refractivity contribution in [1.29, 1.82) is 0 Å². The Balaban J connectivity index is 2.10. The number of ether oxygens (including phenoxy) is 1. The lowest BCUT2D eigenvalue weighted by Crippen LogP contribution is -2.04. The topological polar surface area (TPSA) is 21.3 Å². The normalized spacial score (nSPS) is 10.4. The molecule has 0 fully saturated rings. The molecule has 0 saturated carbocycles. The molecule has 2 aromatic rings. The monoisotopic (exact) mass is 265 g/mol. The number of hydrogen-bond acceptors (Lipinski definition) is 2. The summed E-state index contributed by atoms with van der Waals surface area (Å²) in [6, 6.07) is 12.0. The van der Waals surface area contributed by atoms with Crippen LogP contribution in [0.3, 0.4) is 0 Å². The van der Waals surface area contributed by atoms with Crippen molar-refractivity contribution in [2.24, 2.45) is 0 Å². The van der Waals surface area contributed by atoms with Gasteiger partial charge < -0.3 is 10.1 Å². The highest BCUT2D eigenvalue weighted by Crippen LogP contribution is 2.26. The molecule has 2 rings (SSSR count). The second kappa shape index (κ2) is 5.85. The van der Waals surface area contributed by atoms with Gasteiger partial charge in [0, 0.05) is 12.6 Å². The molecule has 18 heavy (non-hydrogen) atoms. The molecule has 0 aliphatic rings. The van der Waals surface area contributed by atoms with Gasteiger partial charge in [-0.15, -0.1) is 0 Å². The first-order valence-corrected chi connectivity index (χ1v) is 5.93. The van der Waals surface area contributed by atoms with E-state index in [0.717, 1.165) is 6.54 Å². The SMILES string of the molecule is CNCc1ccc(Oc2ccc(F)c(Cl)c2)cc1. The molecule has 0 spiro atoms. The van der Waals surface area contributed by atoms with Crippen LogP contribution in [0.1, 0.15) is 5.56 Å². The second-order valence-electron chi connectivity index (χ2n) is 3.85. The molecular weight excluding hydrogens is 253 g/mol. The van der Waals surface area contributed by atoms with Crippen LogP contribution in [-0.4, -0.2) is 7.05 Å². The Morgan fingerprint density at radius 2 is 1.78 bits per heavy atom. The van der Waals surface area contributed by atoms with Crippen LogP contribution in [0.4, 0.5) is 4.39 Å². The molecule has 0 unspecified atom stereocenters. The maximum Gasteiger partial charge on any atom is 0.142 e. The standard InChI is InChI=1S/C14H13ClFNO/c1-17-9-10-2-4-11(5-3-10)18-12-6-7-14(16)13(15)8-12/h2-8,17H,9H2,1H3. The highest BCUT2D eigenvalue weighted by molar-refractivity contribution is 6.30. The molecule has 0 saturated heterocycles. The number of rotatable bonds is 4. The van der Waals surface area contributed by atoms with Gasteiger partial charge in [-0.25, -0.2) is 4.39 Å². The first kappa shape index (κ1) is 12.9. The molecular formula is C14H13ClFNO. The van der Waals surface area contributed by atoms with E-state index in [2.05, 4.69) is 5.32 Å². The highest BCUT2D eigenvalue weighted by Gasteiger charge is 2.03. The predicted octanol–water partition coefficient (Wildman–Crippen LogP) is 3.99. The van der Waals surface area contributed by atoms with Crippen LogP contribution in [0.15, 0.2) is 42.5 Å². The van der Waals surface area contributed by atoms with Crippen LogP contribution < -0.4 is 10.1 Å². The van der Waals surface area contributed by atoms with E-state index in [9.17, 15) is 4.39 Å². The summed E-state index contributed by atoms with van der Waals surface area (Å²) in [6.45, 7) is 0.808. The Morgan fingerprint density at radius 1 is 1.11 bits per heavy atom. The maximum atomic E-state index is 13.0. The van der Waals surface area contributed by atoms with E-state index < -0.39 is 5.82 Å². The van der Waals surface area contributed by atoms with Crippen LogP contribution in [0, 0.1) is 5.82 Å². The minimum absolute atomic E-state index is 0.0549. The zero-order valence-electron chi connectivity index (χ0n) is 9.91. The van der Waals surface area contributed by atoms with Gasteiger partial charge in [-0.2, -0.15) is 0 Å². The van der Waals surface area contributed by atoms with Crippen molar-refractivity contribution in [3.8, 4) is 11.5 Å². The number of nitrogens with one attached hydrogen (secondary N) is 1. The Morgan fingerprint density at radius 3 is 2.39 bits per heavy atom. The quantitative estimate of drug-likeness (QED) is 0.902. The van der Waals surface area contributed by atoms with Crippen molar-refractivity contribution in [2.45, 2.75) is 6.54 Å². The van der Waals surface area contributed by atoms with Crippen molar-refractivity contribution in [3.63, 3.8) is 0 Å². The summed E-state index contributed by atoms with van der Waals surface area (Å²) in [4.78, 5) is 0. The molecule has 0 aliphatic heterocycles. The summed E-state index contributed by atoms with van der Waals surface area (Å²) in [7, 11) is 1.89. The Bertz CT molecular complexity index is 528. The van der Waals surface area contributed by atoms with Crippen LogP contribution in [-0.2, 0) is 6.54 Å². The zero-order chi connectivity index (χ0) is 13.0. The smallest absolute Gasteiger partial charge is 0.142 e. The summed E-state index contributed by atoms with van der Waals surface area (Å²) in [5.41, 5.74) is 1.17. The molecule has 0 atom stereocenters. The van der Waals surface area contributed by atoms with Crippen LogP contribution in [0.25, 0.3) is 0 Å². The fourth-order valence-corrected chi connectivity index (χ4v) is 1.73. The van der Waals surface area contributed by atoms with Crippen molar-refractivity contribution >= 4 is 11.6 Å². The molecule has 94 valence electrons. The Hall–Kier alpha value is -1.58. The van der Waals surface area contributed by atoms with Gasteiger partial charge in [0.1, 0.15) is 17.3 Å². The molecule has 0 bridgehead atoms. The molecule has 0 amide bonds. The van der Waals surface area contributed by atoms with E-state index in [1.807, 2.05) is 31.3 Å². The summed E-state index contributed by atoms with van der Waals surface area (Å²) in [6.07, 6.45) is 0. The lowest BCUT2D eigenvalue weighted by molar-refractivity contribution is 0.480. The molecule has 0 aliphatic carbocycles. The van der Waals surface area contributed by atoms with Gasteiger partial charge in [-0.3, -0.25) is 0 Å². The Labute approximate surface area is 110 Å². The first-order chi connectivity index (χ1) is 8.69. The second-order valence-corrected chi connectivity index (χ2v) is 4.26. The van der Waals surface area contributed by atoms with E-state index >= 15 is 0 Å². The average Bonchev–Trinajstić information content (AvgIpc) is 2.37. The largest absolute Gasteiger partial charge is 0.457 e. The van der Waals surface area contributed by atoms with Crippen molar-refractivity contribution in [2.75, 3.05) is 7.05 Å². The lowest BCUT2D eigenvalue weighted by Gasteiger charge is -2.07. The lowest BCUT2D eigenvalue weighted by atomic mass is 10.2.